The van der Waals surface area contributed by atoms with Crippen LogP contribution in [0.15, 0.2) is 29.4 Å². The molecule has 7 nitrogen and oxygen atoms in total. The fourth-order valence-corrected chi connectivity index (χ4v) is 5.26. The Morgan fingerprint density at radius 1 is 1.29 bits per heavy atom. The van der Waals surface area contributed by atoms with Crippen LogP contribution in [0.25, 0.3) is 10.2 Å². The largest absolute Gasteiger partial charge is 0.497 e. The van der Waals surface area contributed by atoms with E-state index in [4.69, 9.17) is 19.4 Å². The molecule has 1 aromatic carbocycles. The number of rotatable bonds is 7. The molecule has 9 heteroatoms. The number of hydrazine groups is 1. The van der Waals surface area contributed by atoms with Crippen LogP contribution in [0.1, 0.15) is 48.0 Å². The van der Waals surface area contributed by atoms with E-state index < -0.39 is 0 Å². The van der Waals surface area contributed by atoms with Gasteiger partial charge in [-0.25, -0.2) is 9.97 Å². The highest BCUT2D eigenvalue weighted by molar-refractivity contribution is 7.99. The molecule has 2 N–H and O–H groups in total. The summed E-state index contributed by atoms with van der Waals surface area (Å²) in [7, 11) is 1.60. The Balaban J connectivity index is 1.65. The number of thiophene rings is 1. The van der Waals surface area contributed by atoms with Gasteiger partial charge in [-0.3, -0.25) is 15.6 Å². The van der Waals surface area contributed by atoms with E-state index in [1.54, 1.807) is 54.5 Å². The predicted molar refractivity (Wildman–Crippen MR) is 125 cm³/mol. The van der Waals surface area contributed by atoms with Crippen molar-refractivity contribution in [3.8, 4) is 5.75 Å². The molecule has 0 bridgehead atoms. The summed E-state index contributed by atoms with van der Waals surface area (Å²) in [5.74, 6) is 2.02. The third-order valence-corrected chi connectivity index (χ3v) is 7.14. The number of aromatic nitrogens is 2. The van der Waals surface area contributed by atoms with Crippen LogP contribution < -0.4 is 15.6 Å². The first-order valence-corrected chi connectivity index (χ1v) is 12.0. The van der Waals surface area contributed by atoms with Crippen LogP contribution in [0.4, 0.5) is 5.82 Å². The molecular formula is C22H26N4O3S2. The van der Waals surface area contributed by atoms with E-state index in [0.29, 0.717) is 28.9 Å². The molecule has 3 heterocycles. The average molecular weight is 459 g/mol. The molecule has 4 rings (SSSR count). The van der Waals surface area contributed by atoms with E-state index in [0.717, 1.165) is 28.8 Å². The molecular weight excluding hydrogens is 432 g/mol. The van der Waals surface area contributed by atoms with Crippen molar-refractivity contribution in [2.24, 2.45) is 0 Å². The highest BCUT2D eigenvalue weighted by Crippen LogP contribution is 2.41. The molecule has 0 fully saturated rings. The molecule has 1 amide bonds. The van der Waals surface area contributed by atoms with E-state index >= 15 is 0 Å². The molecule has 0 atom stereocenters. The van der Waals surface area contributed by atoms with Crippen molar-refractivity contribution >= 4 is 45.0 Å². The number of ether oxygens (including phenoxy) is 2. The van der Waals surface area contributed by atoms with Gasteiger partial charge in [0.2, 0.25) is 0 Å². The van der Waals surface area contributed by atoms with Gasteiger partial charge >= 0.3 is 0 Å². The smallest absolute Gasteiger partial charge is 0.269 e. The molecule has 0 unspecified atom stereocenters. The number of anilines is 1. The van der Waals surface area contributed by atoms with Crippen LogP contribution in [0.3, 0.4) is 0 Å². The van der Waals surface area contributed by atoms with Gasteiger partial charge in [0.25, 0.3) is 5.91 Å². The number of hydrogen-bond acceptors (Lipinski definition) is 8. The summed E-state index contributed by atoms with van der Waals surface area (Å²) in [6, 6.07) is 6.96. The monoisotopic (exact) mass is 458 g/mol. The van der Waals surface area contributed by atoms with Crippen LogP contribution in [-0.4, -0.2) is 34.3 Å². The van der Waals surface area contributed by atoms with Gasteiger partial charge in [-0.1, -0.05) is 18.7 Å². The predicted octanol–water partition coefficient (Wildman–Crippen LogP) is 4.81. The minimum Gasteiger partial charge on any atom is -0.497 e. The molecule has 0 aliphatic carbocycles. The topological polar surface area (TPSA) is 85.4 Å². The van der Waals surface area contributed by atoms with Crippen molar-refractivity contribution in [1.29, 1.82) is 0 Å². The fraction of sp³-hybridized carbons (Fsp3) is 0.409. The lowest BCUT2D eigenvalue weighted by Gasteiger charge is -2.30. The van der Waals surface area contributed by atoms with E-state index in [2.05, 4.69) is 31.6 Å². The zero-order chi connectivity index (χ0) is 22.0. The summed E-state index contributed by atoms with van der Waals surface area (Å²) < 4.78 is 11.1. The third-order valence-electron chi connectivity index (χ3n) is 4.99. The number of thioether (sulfide) groups is 1. The standard InChI is InChI=1S/C22H26N4O3S2/c1-5-10-30-21-23-18(25-26-19(27)13-6-8-14(28-4)9-7-13)17-15-11-22(2,3)29-12-16(15)31-20(17)24-21/h6-9H,5,10-12H2,1-4H3,(H,26,27)(H,23,24,25). The van der Waals surface area contributed by atoms with Crippen molar-refractivity contribution < 1.29 is 14.3 Å². The molecule has 2 aromatic heterocycles. The minimum absolute atomic E-state index is 0.245. The molecule has 0 radical (unpaired) electrons. The van der Waals surface area contributed by atoms with Crippen molar-refractivity contribution in [1.82, 2.24) is 15.4 Å². The van der Waals surface area contributed by atoms with Gasteiger partial charge in [-0.15, -0.1) is 11.3 Å². The Kier molecular flexibility index (Phi) is 6.36. The first-order chi connectivity index (χ1) is 14.9. The molecule has 0 spiro atoms. The summed E-state index contributed by atoms with van der Waals surface area (Å²) >= 11 is 3.26. The van der Waals surface area contributed by atoms with Gasteiger partial charge in [0.15, 0.2) is 11.0 Å². The Bertz CT molecular complexity index is 1100. The lowest BCUT2D eigenvalue weighted by Crippen LogP contribution is -2.32. The second-order valence-electron chi connectivity index (χ2n) is 7.92. The minimum atomic E-state index is -0.250. The van der Waals surface area contributed by atoms with Crippen LogP contribution >= 0.6 is 23.1 Å². The molecule has 1 aliphatic heterocycles. The summed E-state index contributed by atoms with van der Waals surface area (Å²) in [6.07, 6.45) is 1.81. The first kappa shape index (κ1) is 21.9. The second-order valence-corrected chi connectivity index (χ2v) is 10.1. The normalized spacial score (nSPS) is 14.8. The number of nitrogens with one attached hydrogen (secondary N) is 2. The van der Waals surface area contributed by atoms with Crippen LogP contribution in [0, 0.1) is 0 Å². The van der Waals surface area contributed by atoms with Gasteiger partial charge in [0, 0.05) is 22.6 Å². The zero-order valence-electron chi connectivity index (χ0n) is 18.1. The maximum Gasteiger partial charge on any atom is 0.269 e. The first-order valence-electron chi connectivity index (χ1n) is 10.2. The highest BCUT2D eigenvalue weighted by atomic mass is 32.2. The van der Waals surface area contributed by atoms with Crippen molar-refractivity contribution in [2.45, 2.75) is 51.0 Å². The molecule has 0 saturated heterocycles. The Hall–Kier alpha value is -2.36. The number of fused-ring (bicyclic) bond motifs is 3. The lowest BCUT2D eigenvalue weighted by molar-refractivity contribution is -0.0379. The number of benzene rings is 1. The molecule has 164 valence electrons. The van der Waals surface area contributed by atoms with Crippen LogP contribution in [0.2, 0.25) is 0 Å². The molecule has 0 saturated carbocycles. The molecule has 1 aliphatic rings. The fourth-order valence-electron chi connectivity index (χ4n) is 3.40. The van der Waals surface area contributed by atoms with E-state index in [1.807, 2.05) is 0 Å². The van der Waals surface area contributed by atoms with Crippen LogP contribution in [0.5, 0.6) is 5.75 Å². The van der Waals surface area contributed by atoms with Crippen molar-refractivity contribution in [2.75, 3.05) is 18.3 Å². The number of carbonyl (C=O) groups is 1. The van der Waals surface area contributed by atoms with E-state index in [1.165, 1.54) is 10.4 Å². The maximum atomic E-state index is 12.7. The quantitative estimate of drug-likeness (QED) is 0.298. The highest BCUT2D eigenvalue weighted by Gasteiger charge is 2.31. The maximum absolute atomic E-state index is 12.7. The number of methoxy groups -OCH3 is 1. The Labute approximate surface area is 189 Å². The van der Waals surface area contributed by atoms with Gasteiger partial charge in [-0.2, -0.15) is 0 Å². The number of carbonyl (C=O) groups excluding carboxylic acids is 1. The summed E-state index contributed by atoms with van der Waals surface area (Å²) in [5.41, 5.74) is 7.33. The van der Waals surface area contributed by atoms with Gasteiger partial charge in [-0.05, 0) is 50.1 Å². The summed E-state index contributed by atoms with van der Waals surface area (Å²) in [6.45, 7) is 6.87. The lowest BCUT2D eigenvalue weighted by atomic mass is 9.94. The van der Waals surface area contributed by atoms with Gasteiger partial charge < -0.3 is 9.47 Å². The average Bonchev–Trinajstić information content (AvgIpc) is 3.12. The SMILES string of the molecule is CCCSc1nc(NNC(=O)c2ccc(OC)cc2)c2c3c(sc2n1)COC(C)(C)C3. The summed E-state index contributed by atoms with van der Waals surface area (Å²) in [4.78, 5) is 24.3. The van der Waals surface area contributed by atoms with Crippen molar-refractivity contribution in [3.63, 3.8) is 0 Å². The summed E-state index contributed by atoms with van der Waals surface area (Å²) in [5, 5.41) is 1.67. The van der Waals surface area contributed by atoms with Crippen molar-refractivity contribution in [3.05, 3.63) is 40.3 Å². The van der Waals surface area contributed by atoms with E-state index in [9.17, 15) is 4.79 Å². The third kappa shape index (κ3) is 4.78. The zero-order valence-corrected chi connectivity index (χ0v) is 19.7. The molecule has 31 heavy (non-hydrogen) atoms. The van der Waals surface area contributed by atoms with Gasteiger partial charge in [0.05, 0.1) is 24.7 Å². The van der Waals surface area contributed by atoms with E-state index in [-0.39, 0.29) is 11.5 Å². The Morgan fingerprint density at radius 2 is 2.06 bits per heavy atom. The molecule has 3 aromatic rings. The number of nitrogens with zero attached hydrogens (tertiary/aromatic N) is 2. The van der Waals surface area contributed by atoms with Gasteiger partial charge in [0.1, 0.15) is 10.6 Å². The second kappa shape index (κ2) is 9.02. The Morgan fingerprint density at radius 3 is 2.77 bits per heavy atom. The number of amides is 1. The number of hydrogen-bond donors (Lipinski definition) is 2. The van der Waals surface area contributed by atoms with Crippen LogP contribution in [-0.2, 0) is 17.8 Å².